The first-order valence-corrected chi connectivity index (χ1v) is 13.7. The Bertz CT molecular complexity index is 983. The molecule has 3 rings (SSSR count). The van der Waals surface area contributed by atoms with Crippen LogP contribution in [0.5, 0.6) is 0 Å². The lowest BCUT2D eigenvalue weighted by atomic mass is 10.1. The lowest BCUT2D eigenvalue weighted by molar-refractivity contribution is 0.179. The summed E-state index contributed by atoms with van der Waals surface area (Å²) in [6, 6.07) is 28.6. The maximum Gasteiger partial charge on any atom is 0.404 e. The number of rotatable bonds is 8. The fourth-order valence-corrected chi connectivity index (χ4v) is 9.48. The maximum atomic E-state index is 11.6. The zero-order valence-corrected chi connectivity index (χ0v) is 21.9. The van der Waals surface area contributed by atoms with Crippen LogP contribution in [0.3, 0.4) is 0 Å². The van der Waals surface area contributed by atoms with Crippen molar-refractivity contribution in [2.75, 3.05) is 6.61 Å². The van der Waals surface area contributed by atoms with Gasteiger partial charge in [0.05, 0.1) is 12.6 Å². The van der Waals surface area contributed by atoms with Crippen molar-refractivity contribution >= 4 is 47.4 Å². The molecule has 0 radical (unpaired) electrons. The molecule has 168 valence electrons. The third-order valence-electron chi connectivity index (χ3n) is 5.62. The second kappa shape index (κ2) is 10.6. The Balaban J connectivity index is 2.00. The fourth-order valence-electron chi connectivity index (χ4n) is 4.26. The number of nitrogens with one attached hydrogen (secondary N) is 1. The van der Waals surface area contributed by atoms with Crippen LogP contribution in [0.1, 0.15) is 26.3 Å². The largest absolute Gasteiger partial charge is 0.465 e. The molecule has 4 nitrogen and oxygen atoms in total. The summed E-state index contributed by atoms with van der Waals surface area (Å²) in [5, 5.41) is 14.4. The van der Waals surface area contributed by atoms with Crippen LogP contribution < -0.4 is 15.7 Å². The molecular weight excluding hydrogens is 529 g/mol. The van der Waals surface area contributed by atoms with E-state index in [9.17, 15) is 9.90 Å². The normalized spacial score (nSPS) is 12.9. The number of carboxylic acid groups (broad SMARTS) is 1. The molecule has 0 aliphatic heterocycles. The molecule has 6 heteroatoms. The first kappa shape index (κ1) is 24.5. The van der Waals surface area contributed by atoms with E-state index in [1.807, 2.05) is 54.6 Å². The minimum Gasteiger partial charge on any atom is -0.465 e. The van der Waals surface area contributed by atoms with Gasteiger partial charge in [0.25, 0.3) is 8.32 Å². The van der Waals surface area contributed by atoms with Crippen LogP contribution in [0.2, 0.25) is 5.04 Å². The van der Waals surface area contributed by atoms with Crippen LogP contribution in [-0.4, -0.2) is 32.2 Å². The molecule has 1 amide bonds. The zero-order chi connectivity index (χ0) is 23.2. The number of hydrogen-bond acceptors (Lipinski definition) is 2. The van der Waals surface area contributed by atoms with Crippen LogP contribution in [0.15, 0.2) is 84.9 Å². The molecule has 2 N–H and O–H groups in total. The van der Waals surface area contributed by atoms with E-state index in [1.165, 1.54) is 10.4 Å². The van der Waals surface area contributed by atoms with E-state index in [0.717, 1.165) is 9.13 Å². The minimum absolute atomic E-state index is 0.161. The Morgan fingerprint density at radius 3 is 2.00 bits per heavy atom. The highest BCUT2D eigenvalue weighted by Gasteiger charge is 2.50. The highest BCUT2D eigenvalue weighted by Crippen LogP contribution is 2.36. The quantitative estimate of drug-likeness (QED) is 0.300. The summed E-state index contributed by atoms with van der Waals surface area (Å²) in [4.78, 5) is 11.6. The SMILES string of the molecule is CC(C)(C)[Si](OCC(Cc1cccc(I)c1)NC(=O)O)(c1ccccc1)c1ccccc1. The summed E-state index contributed by atoms with van der Waals surface area (Å²) in [5.41, 5.74) is 1.08. The van der Waals surface area contributed by atoms with Crippen molar-refractivity contribution in [1.82, 2.24) is 5.32 Å². The molecule has 0 saturated carbocycles. The smallest absolute Gasteiger partial charge is 0.404 e. The van der Waals surface area contributed by atoms with Crippen LogP contribution in [0, 0.1) is 3.57 Å². The Kier molecular flexibility index (Phi) is 8.14. The summed E-state index contributed by atoms with van der Waals surface area (Å²) in [6.07, 6.45) is -0.465. The average Bonchev–Trinajstić information content (AvgIpc) is 2.74. The molecule has 1 atom stereocenters. The molecule has 0 bridgehead atoms. The number of amides is 1. The lowest BCUT2D eigenvalue weighted by Crippen LogP contribution is -2.67. The van der Waals surface area contributed by atoms with Crippen molar-refractivity contribution in [3.05, 3.63) is 94.1 Å². The number of benzene rings is 3. The lowest BCUT2D eigenvalue weighted by Gasteiger charge is -2.43. The van der Waals surface area contributed by atoms with E-state index in [-0.39, 0.29) is 11.1 Å². The monoisotopic (exact) mass is 559 g/mol. The Morgan fingerprint density at radius 1 is 0.969 bits per heavy atom. The fraction of sp³-hybridized carbons (Fsp3) is 0.269. The van der Waals surface area contributed by atoms with Crippen LogP contribution >= 0.6 is 22.6 Å². The average molecular weight is 560 g/mol. The van der Waals surface area contributed by atoms with Gasteiger partial charge in [-0.15, -0.1) is 0 Å². The molecule has 0 fully saturated rings. The Hall–Kier alpha value is -2.16. The van der Waals surface area contributed by atoms with E-state index in [1.54, 1.807) is 0 Å². The first-order valence-electron chi connectivity index (χ1n) is 10.7. The highest BCUT2D eigenvalue weighted by molar-refractivity contribution is 14.1. The summed E-state index contributed by atoms with van der Waals surface area (Å²) >= 11 is 2.28. The molecule has 3 aromatic carbocycles. The van der Waals surface area contributed by atoms with Gasteiger partial charge in [-0.3, -0.25) is 0 Å². The molecule has 0 saturated heterocycles. The predicted molar refractivity (Wildman–Crippen MR) is 141 cm³/mol. The highest BCUT2D eigenvalue weighted by atomic mass is 127. The van der Waals surface area contributed by atoms with Gasteiger partial charge in [-0.05, 0) is 62.1 Å². The summed E-state index contributed by atoms with van der Waals surface area (Å²) in [5.74, 6) is 0. The molecule has 0 heterocycles. The third-order valence-corrected chi connectivity index (χ3v) is 11.3. The Labute approximate surface area is 205 Å². The molecular formula is C26H30INO3Si. The van der Waals surface area contributed by atoms with E-state index in [2.05, 4.69) is 79.0 Å². The second-order valence-electron chi connectivity index (χ2n) is 8.95. The molecule has 32 heavy (non-hydrogen) atoms. The molecule has 0 aliphatic carbocycles. The second-order valence-corrected chi connectivity index (χ2v) is 14.5. The number of carbonyl (C=O) groups is 1. The first-order chi connectivity index (χ1) is 15.2. The maximum absolute atomic E-state index is 11.6. The molecule has 1 unspecified atom stereocenters. The summed E-state index contributed by atoms with van der Waals surface area (Å²) in [7, 11) is -2.73. The van der Waals surface area contributed by atoms with E-state index >= 15 is 0 Å². The van der Waals surface area contributed by atoms with Crippen molar-refractivity contribution in [2.45, 2.75) is 38.3 Å². The van der Waals surface area contributed by atoms with Crippen molar-refractivity contribution < 1.29 is 14.3 Å². The van der Waals surface area contributed by atoms with Gasteiger partial charge in [-0.2, -0.15) is 0 Å². The van der Waals surface area contributed by atoms with Crippen molar-refractivity contribution in [2.24, 2.45) is 0 Å². The molecule has 0 aromatic heterocycles. The topological polar surface area (TPSA) is 58.6 Å². The van der Waals surface area contributed by atoms with Crippen LogP contribution in [0.4, 0.5) is 4.79 Å². The summed E-state index contributed by atoms with van der Waals surface area (Å²) in [6.45, 7) is 6.96. The van der Waals surface area contributed by atoms with Gasteiger partial charge in [0.1, 0.15) is 0 Å². The Morgan fingerprint density at radius 2 is 1.53 bits per heavy atom. The van der Waals surface area contributed by atoms with Gasteiger partial charge in [-0.1, -0.05) is 93.6 Å². The zero-order valence-electron chi connectivity index (χ0n) is 18.7. The van der Waals surface area contributed by atoms with Crippen molar-refractivity contribution in [1.29, 1.82) is 0 Å². The van der Waals surface area contributed by atoms with E-state index in [4.69, 9.17) is 4.43 Å². The summed E-state index contributed by atoms with van der Waals surface area (Å²) < 4.78 is 8.07. The number of hydrogen-bond donors (Lipinski definition) is 2. The molecule has 0 aliphatic rings. The van der Waals surface area contributed by atoms with E-state index < -0.39 is 14.4 Å². The molecule has 0 spiro atoms. The predicted octanol–water partition coefficient (Wildman–Crippen LogP) is 5.05. The van der Waals surface area contributed by atoms with Gasteiger partial charge in [-0.25, -0.2) is 4.79 Å². The van der Waals surface area contributed by atoms with Crippen LogP contribution in [-0.2, 0) is 10.8 Å². The minimum atomic E-state index is -2.73. The van der Waals surface area contributed by atoms with Gasteiger partial charge >= 0.3 is 6.09 Å². The standard InChI is InChI=1S/C26H30INO3Si/c1-26(2,3)32(23-13-6-4-7-14-23,24-15-8-5-9-16-24)31-19-22(28-25(29)30)18-20-11-10-12-21(27)17-20/h4-17,22,28H,18-19H2,1-3H3,(H,29,30). The number of halogens is 1. The van der Waals surface area contributed by atoms with Crippen LogP contribution in [0.25, 0.3) is 0 Å². The van der Waals surface area contributed by atoms with Gasteiger partial charge in [0.2, 0.25) is 0 Å². The van der Waals surface area contributed by atoms with Gasteiger partial charge in [0.15, 0.2) is 0 Å². The van der Waals surface area contributed by atoms with Gasteiger partial charge < -0.3 is 14.8 Å². The van der Waals surface area contributed by atoms with Crippen molar-refractivity contribution in [3.8, 4) is 0 Å². The van der Waals surface area contributed by atoms with Crippen molar-refractivity contribution in [3.63, 3.8) is 0 Å². The van der Waals surface area contributed by atoms with Gasteiger partial charge in [0, 0.05) is 3.57 Å². The van der Waals surface area contributed by atoms with E-state index in [0.29, 0.717) is 13.0 Å². The third kappa shape index (κ3) is 5.79. The molecule has 3 aromatic rings.